The summed E-state index contributed by atoms with van der Waals surface area (Å²) in [5.41, 5.74) is 2.46. The Morgan fingerprint density at radius 3 is 2.40 bits per heavy atom. The number of ether oxygens (including phenoxy) is 2. The fourth-order valence-corrected chi connectivity index (χ4v) is 2.14. The van der Waals surface area contributed by atoms with E-state index in [4.69, 9.17) is 9.47 Å². The first-order valence-corrected chi connectivity index (χ1v) is 5.24. The van der Waals surface area contributed by atoms with Crippen LogP contribution in [0.1, 0.15) is 27.8 Å². The number of benzene rings is 1. The van der Waals surface area contributed by atoms with Crippen LogP contribution in [0.25, 0.3) is 0 Å². The van der Waals surface area contributed by atoms with Crippen molar-refractivity contribution in [2.75, 3.05) is 14.2 Å². The van der Waals surface area contributed by atoms with Crippen LogP contribution in [0.15, 0.2) is 16.6 Å². The van der Waals surface area contributed by atoms with Crippen molar-refractivity contribution in [2.24, 2.45) is 0 Å². The van der Waals surface area contributed by atoms with Crippen molar-refractivity contribution >= 4 is 22.2 Å². The zero-order valence-corrected chi connectivity index (χ0v) is 10.5. The lowest BCUT2D eigenvalue weighted by molar-refractivity contribution is -0.106. The molecule has 1 aromatic rings. The Morgan fingerprint density at radius 2 is 1.93 bits per heavy atom. The van der Waals surface area contributed by atoms with Crippen LogP contribution in [0.3, 0.4) is 0 Å². The van der Waals surface area contributed by atoms with Crippen molar-refractivity contribution in [3.8, 4) is 0 Å². The van der Waals surface area contributed by atoms with E-state index in [1.54, 1.807) is 20.3 Å². The van der Waals surface area contributed by atoms with Gasteiger partial charge in [0.05, 0.1) is 0 Å². The molecule has 15 heavy (non-hydrogen) atoms. The van der Waals surface area contributed by atoms with Crippen LogP contribution < -0.4 is 0 Å². The fraction of sp³-hybridized carbons (Fsp3) is 0.364. The highest BCUT2D eigenvalue weighted by Gasteiger charge is 2.17. The van der Waals surface area contributed by atoms with E-state index in [1.165, 1.54) is 0 Å². The van der Waals surface area contributed by atoms with Gasteiger partial charge in [-0.05, 0) is 28.4 Å². The Bertz CT molecular complexity index is 359. The summed E-state index contributed by atoms with van der Waals surface area (Å²) in [5.74, 6) is 0. The summed E-state index contributed by atoms with van der Waals surface area (Å²) in [7, 11) is 3.13. The standard InChI is InChI=1S/C11H13BrO3/c1-7-4-5-8(6-13)10(12)9(7)11(14-2)15-3/h4-6,11H,1-3H3. The number of carbonyl (C=O) groups excluding carboxylic acids is 1. The molecule has 0 radical (unpaired) electrons. The molecular weight excluding hydrogens is 260 g/mol. The highest BCUT2D eigenvalue weighted by atomic mass is 79.9. The van der Waals surface area contributed by atoms with Crippen LogP contribution in [0.5, 0.6) is 0 Å². The molecule has 1 aromatic carbocycles. The minimum atomic E-state index is -0.459. The summed E-state index contributed by atoms with van der Waals surface area (Å²) in [5, 5.41) is 0. The van der Waals surface area contributed by atoms with E-state index >= 15 is 0 Å². The number of hydrogen-bond acceptors (Lipinski definition) is 3. The lowest BCUT2D eigenvalue weighted by Gasteiger charge is -2.18. The van der Waals surface area contributed by atoms with Gasteiger partial charge in [0.15, 0.2) is 12.6 Å². The number of aldehydes is 1. The number of methoxy groups -OCH3 is 2. The van der Waals surface area contributed by atoms with E-state index in [0.29, 0.717) is 5.56 Å². The highest BCUT2D eigenvalue weighted by molar-refractivity contribution is 9.10. The van der Waals surface area contributed by atoms with Gasteiger partial charge in [0.1, 0.15) is 0 Å². The Kier molecular flexibility index (Phi) is 4.45. The topological polar surface area (TPSA) is 35.5 Å². The van der Waals surface area contributed by atoms with Gasteiger partial charge < -0.3 is 9.47 Å². The van der Waals surface area contributed by atoms with Gasteiger partial charge in [-0.2, -0.15) is 0 Å². The lowest BCUT2D eigenvalue weighted by atomic mass is 10.1. The van der Waals surface area contributed by atoms with Gasteiger partial charge in [-0.3, -0.25) is 4.79 Å². The van der Waals surface area contributed by atoms with E-state index in [2.05, 4.69) is 15.9 Å². The van der Waals surface area contributed by atoms with Crippen molar-refractivity contribution in [1.82, 2.24) is 0 Å². The molecule has 1 rings (SSSR count). The molecule has 82 valence electrons. The van der Waals surface area contributed by atoms with Gasteiger partial charge in [0.2, 0.25) is 0 Å². The third-order valence-electron chi connectivity index (χ3n) is 2.22. The van der Waals surface area contributed by atoms with E-state index < -0.39 is 6.29 Å². The number of rotatable bonds is 4. The van der Waals surface area contributed by atoms with Crippen LogP contribution >= 0.6 is 15.9 Å². The second-order valence-electron chi connectivity index (χ2n) is 3.12. The Morgan fingerprint density at radius 1 is 1.33 bits per heavy atom. The molecule has 0 saturated heterocycles. The van der Waals surface area contributed by atoms with E-state index in [-0.39, 0.29) is 0 Å². The molecule has 0 aliphatic carbocycles. The third kappa shape index (κ3) is 2.45. The summed E-state index contributed by atoms with van der Waals surface area (Å²) < 4.78 is 11.1. The highest BCUT2D eigenvalue weighted by Crippen LogP contribution is 2.31. The largest absolute Gasteiger partial charge is 0.352 e. The zero-order valence-electron chi connectivity index (χ0n) is 8.91. The molecule has 0 aliphatic heterocycles. The van der Waals surface area contributed by atoms with Gasteiger partial charge >= 0.3 is 0 Å². The van der Waals surface area contributed by atoms with E-state index in [9.17, 15) is 4.79 Å². The molecule has 0 atom stereocenters. The number of hydrogen-bond donors (Lipinski definition) is 0. The molecule has 0 spiro atoms. The summed E-state index contributed by atoms with van der Waals surface area (Å²) in [6.45, 7) is 1.94. The maximum absolute atomic E-state index is 10.8. The van der Waals surface area contributed by atoms with Gasteiger partial charge in [0, 0.05) is 29.8 Å². The third-order valence-corrected chi connectivity index (χ3v) is 3.10. The minimum Gasteiger partial charge on any atom is -0.352 e. The molecule has 0 unspecified atom stereocenters. The van der Waals surface area contributed by atoms with Crippen molar-refractivity contribution in [2.45, 2.75) is 13.2 Å². The van der Waals surface area contributed by atoms with Crippen molar-refractivity contribution in [3.63, 3.8) is 0 Å². The van der Waals surface area contributed by atoms with Gasteiger partial charge in [-0.15, -0.1) is 0 Å². The molecule has 3 nitrogen and oxygen atoms in total. The molecule has 4 heteroatoms. The molecule has 0 amide bonds. The predicted molar refractivity (Wildman–Crippen MR) is 61.0 cm³/mol. The van der Waals surface area contributed by atoms with Crippen LogP contribution in [-0.2, 0) is 9.47 Å². The second kappa shape index (κ2) is 5.39. The Balaban J connectivity index is 3.31. The first kappa shape index (κ1) is 12.4. The van der Waals surface area contributed by atoms with Crippen LogP contribution in [0, 0.1) is 6.92 Å². The second-order valence-corrected chi connectivity index (χ2v) is 3.91. The predicted octanol–water partition coefficient (Wildman–Crippen LogP) is 2.86. The van der Waals surface area contributed by atoms with Crippen LogP contribution in [0.4, 0.5) is 0 Å². The van der Waals surface area contributed by atoms with Crippen LogP contribution in [-0.4, -0.2) is 20.5 Å². The SMILES string of the molecule is COC(OC)c1c(C)ccc(C=O)c1Br. The first-order chi connectivity index (χ1) is 7.15. The zero-order chi connectivity index (χ0) is 11.4. The maximum atomic E-state index is 10.8. The average molecular weight is 273 g/mol. The summed E-state index contributed by atoms with van der Waals surface area (Å²) in [4.78, 5) is 10.8. The minimum absolute atomic E-state index is 0.459. The van der Waals surface area contributed by atoms with E-state index in [0.717, 1.165) is 21.9 Å². The number of halogens is 1. The number of aryl methyl sites for hydroxylation is 1. The van der Waals surface area contributed by atoms with Crippen molar-refractivity contribution in [3.05, 3.63) is 33.3 Å². The lowest BCUT2D eigenvalue weighted by Crippen LogP contribution is -2.07. The van der Waals surface area contributed by atoms with Crippen molar-refractivity contribution < 1.29 is 14.3 Å². The first-order valence-electron chi connectivity index (χ1n) is 4.45. The molecule has 0 aromatic heterocycles. The smallest absolute Gasteiger partial charge is 0.184 e. The molecule has 0 bridgehead atoms. The Hall–Kier alpha value is -0.710. The average Bonchev–Trinajstić information content (AvgIpc) is 2.24. The molecule has 0 aliphatic rings. The maximum Gasteiger partial charge on any atom is 0.184 e. The normalized spacial score (nSPS) is 10.7. The summed E-state index contributed by atoms with van der Waals surface area (Å²) in [6.07, 6.45) is 0.342. The van der Waals surface area contributed by atoms with Crippen LogP contribution in [0.2, 0.25) is 0 Å². The molecular formula is C11H13BrO3. The number of carbonyl (C=O) groups is 1. The molecule has 0 saturated carbocycles. The van der Waals surface area contributed by atoms with Gasteiger partial charge in [-0.1, -0.05) is 12.1 Å². The molecule has 0 fully saturated rings. The Labute approximate surface area is 97.5 Å². The quantitative estimate of drug-likeness (QED) is 0.625. The molecule has 0 heterocycles. The monoisotopic (exact) mass is 272 g/mol. The van der Waals surface area contributed by atoms with Crippen molar-refractivity contribution in [1.29, 1.82) is 0 Å². The fourth-order valence-electron chi connectivity index (χ4n) is 1.42. The summed E-state index contributed by atoms with van der Waals surface area (Å²) in [6, 6.07) is 3.63. The summed E-state index contributed by atoms with van der Waals surface area (Å²) >= 11 is 3.38. The molecule has 0 N–H and O–H groups in total. The van der Waals surface area contributed by atoms with Gasteiger partial charge in [-0.25, -0.2) is 0 Å². The van der Waals surface area contributed by atoms with Gasteiger partial charge in [0.25, 0.3) is 0 Å². The van der Waals surface area contributed by atoms with E-state index in [1.807, 2.05) is 13.0 Å².